The molecule has 1 fully saturated rings. The van der Waals surface area contributed by atoms with Crippen molar-refractivity contribution in [1.29, 1.82) is 0 Å². The Morgan fingerprint density at radius 1 is 1.27 bits per heavy atom. The third-order valence-corrected chi connectivity index (χ3v) is 4.32. The second-order valence-electron chi connectivity index (χ2n) is 8.05. The highest BCUT2D eigenvalue weighted by atomic mass is 19.1. The fourth-order valence-corrected chi connectivity index (χ4v) is 3.04. The summed E-state index contributed by atoms with van der Waals surface area (Å²) in [5, 5.41) is 8.79. The van der Waals surface area contributed by atoms with Crippen molar-refractivity contribution in [1.82, 2.24) is 20.9 Å². The van der Waals surface area contributed by atoms with E-state index in [1.165, 1.54) is 12.1 Å². The van der Waals surface area contributed by atoms with E-state index in [1.807, 2.05) is 27.7 Å². The van der Waals surface area contributed by atoms with Crippen LogP contribution in [0.2, 0.25) is 0 Å². The molecule has 1 saturated heterocycles. The number of alkyl carbamates (subject to hydrolysis) is 1. The van der Waals surface area contributed by atoms with Crippen LogP contribution in [0.4, 0.5) is 9.18 Å². The average Bonchev–Trinajstić information content (AvgIpc) is 3.11. The second-order valence-corrected chi connectivity index (χ2v) is 8.05. The Morgan fingerprint density at radius 3 is 2.67 bits per heavy atom. The van der Waals surface area contributed by atoms with Crippen LogP contribution in [0.15, 0.2) is 29.3 Å². The first-order valence-electron chi connectivity index (χ1n) is 10.2. The third-order valence-electron chi connectivity index (χ3n) is 4.32. The summed E-state index contributed by atoms with van der Waals surface area (Å²) >= 11 is 0. The van der Waals surface area contributed by atoms with Crippen molar-refractivity contribution in [2.45, 2.75) is 45.8 Å². The summed E-state index contributed by atoms with van der Waals surface area (Å²) in [4.78, 5) is 30.6. The van der Waals surface area contributed by atoms with E-state index < -0.39 is 23.4 Å². The molecule has 30 heavy (non-hydrogen) atoms. The molecule has 1 aliphatic heterocycles. The zero-order valence-electron chi connectivity index (χ0n) is 18.1. The number of carbonyl (C=O) groups is 2. The number of nitrogens with zero attached hydrogens (tertiary/aromatic N) is 2. The number of halogens is 1. The van der Waals surface area contributed by atoms with E-state index in [0.29, 0.717) is 25.6 Å². The minimum atomic E-state index is -0.549. The second kappa shape index (κ2) is 10.8. The highest BCUT2D eigenvalue weighted by molar-refractivity contribution is 5.94. The standard InChI is InChI=1S/C21H32FN5O3/c1-5-23-19(25-12-11-24-18(28)16-8-6-7-9-17(16)22)27-13-10-15(14-27)26-20(29)30-21(2,3)4/h6-9,15H,5,10-14H2,1-4H3,(H,23,25)(H,24,28)(H,26,29)/t15-/m1/s1. The lowest BCUT2D eigenvalue weighted by atomic mass is 10.2. The molecule has 1 aromatic carbocycles. The SMILES string of the molecule is CCNC(=NCCNC(=O)c1ccccc1F)N1CC[C@@H](NC(=O)OC(C)(C)C)C1. The number of likely N-dealkylation sites (tertiary alicyclic amines) is 1. The zero-order valence-corrected chi connectivity index (χ0v) is 18.1. The molecule has 0 saturated carbocycles. The fraction of sp³-hybridized carbons (Fsp3) is 0.571. The van der Waals surface area contributed by atoms with Gasteiger partial charge in [0.25, 0.3) is 5.91 Å². The summed E-state index contributed by atoms with van der Waals surface area (Å²) in [6, 6.07) is 5.84. The van der Waals surface area contributed by atoms with Gasteiger partial charge >= 0.3 is 6.09 Å². The van der Waals surface area contributed by atoms with Crippen LogP contribution in [0.25, 0.3) is 0 Å². The van der Waals surface area contributed by atoms with Crippen LogP contribution in [-0.4, -0.2) is 67.2 Å². The number of rotatable bonds is 6. The van der Waals surface area contributed by atoms with E-state index in [-0.39, 0.29) is 18.2 Å². The van der Waals surface area contributed by atoms with Gasteiger partial charge in [-0.3, -0.25) is 9.79 Å². The molecule has 1 aromatic rings. The van der Waals surface area contributed by atoms with Gasteiger partial charge in [0.2, 0.25) is 0 Å². The molecule has 1 aliphatic rings. The quantitative estimate of drug-likeness (QED) is 0.372. The van der Waals surface area contributed by atoms with Crippen LogP contribution in [0, 0.1) is 5.82 Å². The van der Waals surface area contributed by atoms with Crippen LogP contribution < -0.4 is 16.0 Å². The number of guanidine groups is 1. The molecule has 9 heteroatoms. The number of benzene rings is 1. The maximum absolute atomic E-state index is 13.7. The van der Waals surface area contributed by atoms with Crippen molar-refractivity contribution < 1.29 is 18.7 Å². The topological polar surface area (TPSA) is 95.1 Å². The third kappa shape index (κ3) is 7.53. The molecule has 166 valence electrons. The highest BCUT2D eigenvalue weighted by Crippen LogP contribution is 2.12. The molecule has 0 spiro atoms. The molecule has 0 aromatic heterocycles. The van der Waals surface area contributed by atoms with Crippen molar-refractivity contribution in [3.63, 3.8) is 0 Å². The summed E-state index contributed by atoms with van der Waals surface area (Å²) < 4.78 is 19.0. The minimum absolute atomic E-state index is 0.0176. The summed E-state index contributed by atoms with van der Waals surface area (Å²) in [5.41, 5.74) is -0.518. The maximum Gasteiger partial charge on any atom is 0.407 e. The van der Waals surface area contributed by atoms with Crippen LogP contribution in [-0.2, 0) is 4.74 Å². The number of aliphatic imine (C=N–C) groups is 1. The van der Waals surface area contributed by atoms with Crippen LogP contribution in [0.5, 0.6) is 0 Å². The summed E-state index contributed by atoms with van der Waals surface area (Å²) in [7, 11) is 0. The molecule has 1 atom stereocenters. The van der Waals surface area contributed by atoms with E-state index in [0.717, 1.165) is 13.0 Å². The lowest BCUT2D eigenvalue weighted by molar-refractivity contribution is 0.0507. The van der Waals surface area contributed by atoms with Gasteiger partial charge in [-0.25, -0.2) is 9.18 Å². The smallest absolute Gasteiger partial charge is 0.407 e. The van der Waals surface area contributed by atoms with Gasteiger partial charge in [-0.1, -0.05) is 12.1 Å². The normalized spacial score (nSPS) is 16.9. The highest BCUT2D eigenvalue weighted by Gasteiger charge is 2.27. The van der Waals surface area contributed by atoms with E-state index in [2.05, 4.69) is 25.8 Å². The van der Waals surface area contributed by atoms with E-state index in [1.54, 1.807) is 12.1 Å². The van der Waals surface area contributed by atoms with Crippen LogP contribution in [0.3, 0.4) is 0 Å². The number of ether oxygens (including phenoxy) is 1. The van der Waals surface area contributed by atoms with E-state index >= 15 is 0 Å². The van der Waals surface area contributed by atoms with E-state index in [4.69, 9.17) is 4.74 Å². The van der Waals surface area contributed by atoms with Crippen LogP contribution >= 0.6 is 0 Å². The molecule has 3 N–H and O–H groups in total. The van der Waals surface area contributed by atoms with Gasteiger partial charge in [0.15, 0.2) is 5.96 Å². The molecule has 0 bridgehead atoms. The number of carbonyl (C=O) groups excluding carboxylic acids is 2. The largest absolute Gasteiger partial charge is 0.444 e. The molecule has 2 amide bonds. The number of amides is 2. The van der Waals surface area contributed by atoms with Gasteiger partial charge in [0, 0.05) is 26.2 Å². The Balaban J connectivity index is 1.83. The molecule has 0 unspecified atom stereocenters. The van der Waals surface area contributed by atoms with Crippen molar-refractivity contribution in [3.05, 3.63) is 35.6 Å². The van der Waals surface area contributed by atoms with Gasteiger partial charge in [0.05, 0.1) is 18.2 Å². The zero-order chi connectivity index (χ0) is 22.1. The molecule has 2 rings (SSSR count). The van der Waals surface area contributed by atoms with Crippen LogP contribution in [0.1, 0.15) is 44.5 Å². The molecular weight excluding hydrogens is 389 g/mol. The van der Waals surface area contributed by atoms with Gasteiger partial charge in [-0.15, -0.1) is 0 Å². The molecule has 8 nitrogen and oxygen atoms in total. The average molecular weight is 422 g/mol. The maximum atomic E-state index is 13.7. The number of hydrogen-bond acceptors (Lipinski definition) is 4. The predicted octanol–water partition coefficient (Wildman–Crippen LogP) is 2.12. The number of nitrogens with one attached hydrogen (secondary N) is 3. The lowest BCUT2D eigenvalue weighted by Crippen LogP contribution is -2.44. The molecule has 0 aliphatic carbocycles. The van der Waals surface area contributed by atoms with E-state index in [9.17, 15) is 14.0 Å². The molecule has 1 heterocycles. The van der Waals surface area contributed by atoms with Gasteiger partial charge in [0.1, 0.15) is 11.4 Å². The predicted molar refractivity (Wildman–Crippen MR) is 114 cm³/mol. The molecule has 0 radical (unpaired) electrons. The van der Waals surface area contributed by atoms with Gasteiger partial charge in [-0.05, 0) is 46.2 Å². The Kier molecular flexibility index (Phi) is 8.44. The van der Waals surface area contributed by atoms with Gasteiger partial charge < -0.3 is 25.6 Å². The Labute approximate surface area is 177 Å². The summed E-state index contributed by atoms with van der Waals surface area (Å²) in [6.45, 7) is 10.2. The lowest BCUT2D eigenvalue weighted by Gasteiger charge is -2.23. The van der Waals surface area contributed by atoms with Crippen molar-refractivity contribution in [2.24, 2.45) is 4.99 Å². The van der Waals surface area contributed by atoms with Crippen molar-refractivity contribution >= 4 is 18.0 Å². The Bertz CT molecular complexity index is 763. The first-order chi connectivity index (χ1) is 14.2. The Hall–Kier alpha value is -2.84. The summed E-state index contributed by atoms with van der Waals surface area (Å²) in [6.07, 6.45) is 0.361. The number of hydrogen-bond donors (Lipinski definition) is 3. The summed E-state index contributed by atoms with van der Waals surface area (Å²) in [5.74, 6) is -0.297. The van der Waals surface area contributed by atoms with Crippen molar-refractivity contribution in [2.75, 3.05) is 32.7 Å². The monoisotopic (exact) mass is 421 g/mol. The molecular formula is C21H32FN5O3. The van der Waals surface area contributed by atoms with Gasteiger partial charge in [-0.2, -0.15) is 0 Å². The first kappa shape index (κ1) is 23.4. The minimum Gasteiger partial charge on any atom is -0.444 e. The first-order valence-corrected chi connectivity index (χ1v) is 10.2. The van der Waals surface area contributed by atoms with Crippen molar-refractivity contribution in [3.8, 4) is 0 Å². The fourth-order valence-electron chi connectivity index (χ4n) is 3.04. The Morgan fingerprint density at radius 2 is 2.00 bits per heavy atom.